The number of aliphatic hydroxyl groups is 1. The fourth-order valence-corrected chi connectivity index (χ4v) is 3.39. The van der Waals surface area contributed by atoms with Crippen molar-refractivity contribution in [3.05, 3.63) is 48.5 Å². The second-order valence-electron chi connectivity index (χ2n) is 7.79. The average Bonchev–Trinajstić information content (AvgIpc) is 3.19. The number of nitrogens with zero attached hydrogens (tertiary/aromatic N) is 1. The highest BCUT2D eigenvalue weighted by Gasteiger charge is 2.35. The molecule has 176 valence electrons. The summed E-state index contributed by atoms with van der Waals surface area (Å²) in [4.78, 5) is 38.2. The summed E-state index contributed by atoms with van der Waals surface area (Å²) >= 11 is 0. The predicted molar refractivity (Wildman–Crippen MR) is 123 cm³/mol. The van der Waals surface area contributed by atoms with E-state index in [-0.39, 0.29) is 43.8 Å². The second kappa shape index (κ2) is 11.3. The summed E-state index contributed by atoms with van der Waals surface area (Å²) in [6.45, 7) is 4.32. The van der Waals surface area contributed by atoms with Crippen molar-refractivity contribution in [3.63, 3.8) is 0 Å². The highest BCUT2D eigenvalue weighted by molar-refractivity contribution is 6.00. The molecule has 0 unspecified atom stereocenters. The van der Waals surface area contributed by atoms with Gasteiger partial charge in [-0.05, 0) is 62.4 Å². The van der Waals surface area contributed by atoms with E-state index < -0.39 is 12.0 Å². The van der Waals surface area contributed by atoms with Crippen LogP contribution in [0.2, 0.25) is 0 Å². The molecule has 0 aliphatic carbocycles. The maximum absolute atomic E-state index is 12.4. The van der Waals surface area contributed by atoms with E-state index in [0.29, 0.717) is 23.7 Å². The summed E-state index contributed by atoms with van der Waals surface area (Å²) in [6, 6.07) is 13.8. The molecule has 2 aromatic carbocycles. The van der Waals surface area contributed by atoms with Crippen LogP contribution in [-0.2, 0) is 14.4 Å². The van der Waals surface area contributed by atoms with Gasteiger partial charge in [-0.2, -0.15) is 0 Å². The molecular formula is C24H29N3O6. The van der Waals surface area contributed by atoms with E-state index in [1.807, 2.05) is 6.92 Å². The van der Waals surface area contributed by atoms with E-state index in [0.717, 1.165) is 5.75 Å². The summed E-state index contributed by atoms with van der Waals surface area (Å²) in [7, 11) is 0. The van der Waals surface area contributed by atoms with Gasteiger partial charge >= 0.3 is 0 Å². The van der Waals surface area contributed by atoms with Crippen molar-refractivity contribution in [2.75, 3.05) is 36.5 Å². The summed E-state index contributed by atoms with van der Waals surface area (Å²) < 4.78 is 10.9. The van der Waals surface area contributed by atoms with Crippen LogP contribution < -0.4 is 25.0 Å². The van der Waals surface area contributed by atoms with Crippen LogP contribution in [0.1, 0.15) is 20.3 Å². The lowest BCUT2D eigenvalue weighted by Crippen LogP contribution is -2.36. The third kappa shape index (κ3) is 6.95. The van der Waals surface area contributed by atoms with E-state index in [2.05, 4.69) is 10.6 Å². The van der Waals surface area contributed by atoms with Crippen LogP contribution in [0.25, 0.3) is 0 Å². The van der Waals surface area contributed by atoms with Gasteiger partial charge in [0.2, 0.25) is 11.8 Å². The van der Waals surface area contributed by atoms with Crippen LogP contribution in [0.3, 0.4) is 0 Å². The smallest absolute Gasteiger partial charge is 0.262 e. The van der Waals surface area contributed by atoms with E-state index in [1.165, 1.54) is 0 Å². The van der Waals surface area contributed by atoms with Gasteiger partial charge in [0.15, 0.2) is 6.61 Å². The van der Waals surface area contributed by atoms with E-state index >= 15 is 0 Å². The first-order chi connectivity index (χ1) is 15.9. The Morgan fingerprint density at radius 2 is 1.73 bits per heavy atom. The van der Waals surface area contributed by atoms with Gasteiger partial charge in [-0.25, -0.2) is 0 Å². The van der Waals surface area contributed by atoms with Gasteiger partial charge < -0.3 is 30.1 Å². The molecule has 1 saturated heterocycles. The number of ether oxygens (including phenoxy) is 2. The molecule has 9 heteroatoms. The largest absolute Gasteiger partial charge is 0.494 e. The Labute approximate surface area is 192 Å². The summed E-state index contributed by atoms with van der Waals surface area (Å²) in [6.07, 6.45) is -0.520. The van der Waals surface area contributed by atoms with Gasteiger partial charge in [0.25, 0.3) is 5.91 Å². The SMILES string of the molecule is CCOc1ccc(NC(=O)COc2ccc(N3C[C@H](C(=O)NC[C@H](C)O)CC3=O)cc2)cc1. The second-order valence-corrected chi connectivity index (χ2v) is 7.79. The molecule has 1 aliphatic rings. The molecule has 2 atom stereocenters. The van der Waals surface area contributed by atoms with Crippen molar-refractivity contribution in [3.8, 4) is 11.5 Å². The first-order valence-electron chi connectivity index (χ1n) is 10.9. The third-order valence-corrected chi connectivity index (χ3v) is 5.03. The van der Waals surface area contributed by atoms with Gasteiger partial charge in [-0.15, -0.1) is 0 Å². The molecule has 1 aliphatic heterocycles. The normalized spacial score (nSPS) is 16.3. The van der Waals surface area contributed by atoms with Crippen LogP contribution >= 0.6 is 0 Å². The minimum absolute atomic E-state index is 0.121. The lowest BCUT2D eigenvalue weighted by Gasteiger charge is -2.17. The van der Waals surface area contributed by atoms with E-state index in [4.69, 9.17) is 9.47 Å². The van der Waals surface area contributed by atoms with Crippen molar-refractivity contribution in [1.82, 2.24) is 5.32 Å². The van der Waals surface area contributed by atoms with Crippen LogP contribution in [0, 0.1) is 5.92 Å². The standard InChI is InChI=1S/C24H29N3O6/c1-3-32-20-8-4-18(5-9-20)26-22(29)15-33-21-10-6-19(7-11-21)27-14-17(12-23(27)30)24(31)25-13-16(2)28/h4-11,16-17,28H,3,12-15H2,1-2H3,(H,25,31)(H,26,29)/t16-,17+/m0/s1. The number of carbonyl (C=O) groups excluding carboxylic acids is 3. The topological polar surface area (TPSA) is 117 Å². The molecule has 0 radical (unpaired) electrons. The Morgan fingerprint density at radius 3 is 2.36 bits per heavy atom. The zero-order chi connectivity index (χ0) is 23.8. The lowest BCUT2D eigenvalue weighted by atomic mass is 10.1. The average molecular weight is 456 g/mol. The van der Waals surface area contributed by atoms with Crippen LogP contribution in [-0.4, -0.2) is 55.2 Å². The van der Waals surface area contributed by atoms with E-state index in [1.54, 1.807) is 60.4 Å². The van der Waals surface area contributed by atoms with Crippen LogP contribution in [0.15, 0.2) is 48.5 Å². The summed E-state index contributed by atoms with van der Waals surface area (Å²) in [5, 5.41) is 14.7. The number of aliphatic hydroxyl groups excluding tert-OH is 1. The summed E-state index contributed by atoms with van der Waals surface area (Å²) in [5.41, 5.74) is 1.29. The number of amides is 3. The number of benzene rings is 2. The molecule has 0 spiro atoms. The fourth-order valence-electron chi connectivity index (χ4n) is 3.39. The van der Waals surface area contributed by atoms with Crippen molar-refractivity contribution < 1.29 is 29.0 Å². The number of nitrogens with one attached hydrogen (secondary N) is 2. The van der Waals surface area contributed by atoms with Crippen molar-refractivity contribution in [2.24, 2.45) is 5.92 Å². The third-order valence-electron chi connectivity index (χ3n) is 5.03. The maximum atomic E-state index is 12.4. The first kappa shape index (κ1) is 24.1. The van der Waals surface area contributed by atoms with Crippen molar-refractivity contribution >= 4 is 29.1 Å². The molecule has 9 nitrogen and oxygen atoms in total. The highest BCUT2D eigenvalue weighted by Crippen LogP contribution is 2.27. The maximum Gasteiger partial charge on any atom is 0.262 e. The molecule has 3 N–H and O–H groups in total. The number of rotatable bonds is 10. The van der Waals surface area contributed by atoms with Gasteiger partial charge in [-0.3, -0.25) is 14.4 Å². The Kier molecular flexibility index (Phi) is 8.26. The molecule has 0 saturated carbocycles. The van der Waals surface area contributed by atoms with Gasteiger partial charge in [0.1, 0.15) is 11.5 Å². The first-order valence-corrected chi connectivity index (χ1v) is 10.9. The minimum Gasteiger partial charge on any atom is -0.494 e. The molecule has 0 aromatic heterocycles. The Hall–Kier alpha value is -3.59. The Balaban J connectivity index is 1.48. The van der Waals surface area contributed by atoms with Gasteiger partial charge in [-0.1, -0.05) is 0 Å². The fraction of sp³-hybridized carbons (Fsp3) is 0.375. The monoisotopic (exact) mass is 455 g/mol. The molecule has 2 aromatic rings. The predicted octanol–water partition coefficient (Wildman–Crippen LogP) is 1.95. The van der Waals surface area contributed by atoms with Crippen LogP contribution in [0.5, 0.6) is 11.5 Å². The van der Waals surface area contributed by atoms with Crippen LogP contribution in [0.4, 0.5) is 11.4 Å². The number of anilines is 2. The Bertz CT molecular complexity index is 959. The van der Waals surface area contributed by atoms with Crippen molar-refractivity contribution in [1.29, 1.82) is 0 Å². The molecule has 0 bridgehead atoms. The molecular weight excluding hydrogens is 426 g/mol. The molecule has 3 rings (SSSR count). The summed E-state index contributed by atoms with van der Waals surface area (Å²) in [5.74, 6) is 0.0665. The number of carbonyl (C=O) groups is 3. The number of hydrogen-bond donors (Lipinski definition) is 3. The van der Waals surface area contributed by atoms with E-state index in [9.17, 15) is 19.5 Å². The van der Waals surface area contributed by atoms with Gasteiger partial charge in [0.05, 0.1) is 18.6 Å². The Morgan fingerprint density at radius 1 is 1.09 bits per heavy atom. The molecule has 33 heavy (non-hydrogen) atoms. The lowest BCUT2D eigenvalue weighted by molar-refractivity contribution is -0.126. The molecule has 1 fully saturated rings. The van der Waals surface area contributed by atoms with Gasteiger partial charge in [0, 0.05) is 30.9 Å². The van der Waals surface area contributed by atoms with Crippen molar-refractivity contribution in [2.45, 2.75) is 26.4 Å². The molecule has 1 heterocycles. The zero-order valence-electron chi connectivity index (χ0n) is 18.7. The highest BCUT2D eigenvalue weighted by atomic mass is 16.5. The quantitative estimate of drug-likeness (QED) is 0.504. The number of hydrogen-bond acceptors (Lipinski definition) is 6. The minimum atomic E-state index is -0.641. The molecule has 3 amide bonds. The zero-order valence-corrected chi connectivity index (χ0v) is 18.7.